The van der Waals surface area contributed by atoms with Crippen molar-refractivity contribution in [2.45, 2.75) is 19.8 Å². The number of hydrogen-bond donors (Lipinski definition) is 1. The van der Waals surface area contributed by atoms with E-state index in [4.69, 9.17) is 5.73 Å². The Labute approximate surface area is 101 Å². The number of anilines is 2. The molecule has 0 aliphatic carbocycles. The molecule has 0 saturated carbocycles. The Kier molecular flexibility index (Phi) is 2.39. The molecule has 3 nitrogen and oxygen atoms in total. The molecule has 0 unspecified atom stereocenters. The van der Waals surface area contributed by atoms with Crippen LogP contribution in [0.5, 0.6) is 0 Å². The smallest absolute Gasteiger partial charge is 0.126 e. The van der Waals surface area contributed by atoms with Crippen molar-refractivity contribution < 1.29 is 0 Å². The number of benzene rings is 1. The van der Waals surface area contributed by atoms with E-state index in [0.29, 0.717) is 5.82 Å². The maximum atomic E-state index is 5.92. The highest BCUT2D eigenvalue weighted by Crippen LogP contribution is 2.31. The van der Waals surface area contributed by atoms with E-state index in [-0.39, 0.29) is 0 Å². The van der Waals surface area contributed by atoms with Crippen molar-refractivity contribution in [3.05, 3.63) is 29.8 Å². The van der Waals surface area contributed by atoms with Gasteiger partial charge in [-0.25, -0.2) is 4.98 Å². The third-order valence-corrected chi connectivity index (χ3v) is 3.49. The summed E-state index contributed by atoms with van der Waals surface area (Å²) in [4.78, 5) is 6.87. The van der Waals surface area contributed by atoms with Crippen molar-refractivity contribution in [1.29, 1.82) is 0 Å². The first-order valence-electron chi connectivity index (χ1n) is 6.16. The van der Waals surface area contributed by atoms with Gasteiger partial charge in [0.2, 0.25) is 0 Å². The van der Waals surface area contributed by atoms with E-state index in [0.717, 1.165) is 18.6 Å². The molecule has 2 aromatic rings. The zero-order chi connectivity index (χ0) is 11.8. The maximum Gasteiger partial charge on any atom is 0.126 e. The van der Waals surface area contributed by atoms with Crippen LogP contribution in [0.25, 0.3) is 10.9 Å². The molecule has 1 aromatic heterocycles. The summed E-state index contributed by atoms with van der Waals surface area (Å²) in [7, 11) is 0. The summed E-state index contributed by atoms with van der Waals surface area (Å²) in [6, 6.07) is 8.33. The summed E-state index contributed by atoms with van der Waals surface area (Å²) >= 11 is 0. The molecule has 0 radical (unpaired) electrons. The molecule has 1 aliphatic heterocycles. The first-order valence-corrected chi connectivity index (χ1v) is 6.16. The number of hydrogen-bond acceptors (Lipinski definition) is 3. The van der Waals surface area contributed by atoms with Crippen molar-refractivity contribution >= 4 is 22.4 Å². The van der Waals surface area contributed by atoms with Crippen molar-refractivity contribution in [1.82, 2.24) is 4.98 Å². The first-order chi connectivity index (χ1) is 8.25. The summed E-state index contributed by atoms with van der Waals surface area (Å²) in [5.74, 6) is 0.619. The first kappa shape index (κ1) is 10.4. The highest BCUT2D eigenvalue weighted by Gasteiger charge is 2.16. The Balaban J connectivity index is 2.25. The minimum Gasteiger partial charge on any atom is -0.384 e. The van der Waals surface area contributed by atoms with Gasteiger partial charge in [0, 0.05) is 30.2 Å². The predicted octanol–water partition coefficient (Wildman–Crippen LogP) is 2.73. The second-order valence-corrected chi connectivity index (χ2v) is 4.73. The van der Waals surface area contributed by atoms with Gasteiger partial charge in [-0.1, -0.05) is 18.2 Å². The Morgan fingerprint density at radius 2 is 2.00 bits per heavy atom. The normalized spacial score (nSPS) is 15.7. The Morgan fingerprint density at radius 1 is 1.24 bits per heavy atom. The molecule has 1 aromatic carbocycles. The molecule has 1 aliphatic rings. The lowest BCUT2D eigenvalue weighted by Gasteiger charge is -2.20. The molecule has 17 heavy (non-hydrogen) atoms. The van der Waals surface area contributed by atoms with Gasteiger partial charge in [-0.2, -0.15) is 0 Å². The van der Waals surface area contributed by atoms with Crippen LogP contribution in [0.15, 0.2) is 24.3 Å². The predicted molar refractivity (Wildman–Crippen MR) is 72.3 cm³/mol. The largest absolute Gasteiger partial charge is 0.384 e. The zero-order valence-electron chi connectivity index (χ0n) is 10.1. The number of fused-ring (bicyclic) bond motifs is 1. The summed E-state index contributed by atoms with van der Waals surface area (Å²) in [6.45, 7) is 4.35. The molecular weight excluding hydrogens is 210 g/mol. The van der Waals surface area contributed by atoms with E-state index < -0.39 is 0 Å². The molecule has 0 spiro atoms. The highest BCUT2D eigenvalue weighted by atomic mass is 15.1. The number of nitrogen functional groups attached to an aromatic ring is 1. The van der Waals surface area contributed by atoms with Crippen LogP contribution < -0.4 is 10.6 Å². The Bertz CT molecular complexity index is 557. The zero-order valence-corrected chi connectivity index (χ0v) is 10.1. The van der Waals surface area contributed by atoms with Gasteiger partial charge < -0.3 is 10.6 Å². The molecular formula is C14H17N3. The summed E-state index contributed by atoms with van der Waals surface area (Å²) in [6.07, 6.45) is 2.55. The SMILES string of the molecule is Cc1cccc2c(N3CCCC3)cc(N)nc12. The van der Waals surface area contributed by atoms with Crippen molar-refractivity contribution in [2.75, 3.05) is 23.7 Å². The standard InChI is InChI=1S/C14H17N3/c1-10-5-4-6-11-12(17-7-2-3-8-17)9-13(15)16-14(10)11/h4-6,9H,2-3,7-8H2,1H3,(H2,15,16). The van der Waals surface area contributed by atoms with E-state index in [2.05, 4.69) is 35.0 Å². The fourth-order valence-electron chi connectivity index (χ4n) is 2.61. The fourth-order valence-corrected chi connectivity index (χ4v) is 2.61. The fraction of sp³-hybridized carbons (Fsp3) is 0.357. The number of rotatable bonds is 1. The van der Waals surface area contributed by atoms with Crippen molar-refractivity contribution in [3.63, 3.8) is 0 Å². The van der Waals surface area contributed by atoms with Crippen molar-refractivity contribution in [3.8, 4) is 0 Å². The molecule has 0 amide bonds. The van der Waals surface area contributed by atoms with E-state index >= 15 is 0 Å². The number of nitrogens with two attached hydrogens (primary N) is 1. The lowest BCUT2D eigenvalue weighted by Crippen LogP contribution is -2.18. The topological polar surface area (TPSA) is 42.1 Å². The summed E-state index contributed by atoms with van der Waals surface area (Å²) in [5.41, 5.74) is 9.39. The molecule has 3 heteroatoms. The summed E-state index contributed by atoms with van der Waals surface area (Å²) < 4.78 is 0. The van der Waals surface area contributed by atoms with Crippen LogP contribution in [0, 0.1) is 6.92 Å². The van der Waals surface area contributed by atoms with Crippen LogP contribution in [-0.2, 0) is 0 Å². The van der Waals surface area contributed by atoms with E-state index in [1.165, 1.54) is 29.5 Å². The van der Waals surface area contributed by atoms with Crippen LogP contribution in [-0.4, -0.2) is 18.1 Å². The average Bonchev–Trinajstić information content (AvgIpc) is 2.83. The average molecular weight is 227 g/mol. The van der Waals surface area contributed by atoms with E-state index in [9.17, 15) is 0 Å². The van der Waals surface area contributed by atoms with Gasteiger partial charge >= 0.3 is 0 Å². The minimum absolute atomic E-state index is 0.619. The van der Waals surface area contributed by atoms with Crippen LogP contribution in [0.4, 0.5) is 11.5 Å². The quantitative estimate of drug-likeness (QED) is 0.814. The van der Waals surface area contributed by atoms with Gasteiger partial charge in [-0.15, -0.1) is 0 Å². The molecule has 2 N–H and O–H groups in total. The second kappa shape index (κ2) is 3.91. The second-order valence-electron chi connectivity index (χ2n) is 4.73. The number of pyridine rings is 1. The lowest BCUT2D eigenvalue weighted by molar-refractivity contribution is 0.949. The van der Waals surface area contributed by atoms with Gasteiger partial charge in [0.15, 0.2) is 0 Å². The monoisotopic (exact) mass is 227 g/mol. The molecule has 2 heterocycles. The highest BCUT2D eigenvalue weighted by molar-refractivity contribution is 5.95. The number of nitrogens with zero attached hydrogens (tertiary/aromatic N) is 2. The maximum absolute atomic E-state index is 5.92. The Hall–Kier alpha value is -1.77. The molecule has 88 valence electrons. The van der Waals surface area contributed by atoms with Crippen LogP contribution in [0.1, 0.15) is 18.4 Å². The summed E-state index contributed by atoms with van der Waals surface area (Å²) in [5, 5.41) is 1.22. The lowest BCUT2D eigenvalue weighted by atomic mass is 10.1. The molecule has 1 fully saturated rings. The van der Waals surface area contributed by atoms with E-state index in [1.807, 2.05) is 6.07 Å². The van der Waals surface area contributed by atoms with Crippen LogP contribution in [0.3, 0.4) is 0 Å². The molecule has 1 saturated heterocycles. The molecule has 3 rings (SSSR count). The van der Waals surface area contributed by atoms with Gasteiger partial charge in [0.1, 0.15) is 5.82 Å². The number of aromatic nitrogens is 1. The van der Waals surface area contributed by atoms with Gasteiger partial charge in [-0.3, -0.25) is 0 Å². The third-order valence-electron chi connectivity index (χ3n) is 3.49. The van der Waals surface area contributed by atoms with Gasteiger partial charge in [0.05, 0.1) is 5.52 Å². The van der Waals surface area contributed by atoms with E-state index in [1.54, 1.807) is 0 Å². The van der Waals surface area contributed by atoms with Crippen molar-refractivity contribution in [2.24, 2.45) is 0 Å². The molecule has 0 bridgehead atoms. The van der Waals surface area contributed by atoms with Crippen LogP contribution in [0.2, 0.25) is 0 Å². The van der Waals surface area contributed by atoms with Gasteiger partial charge in [-0.05, 0) is 25.3 Å². The molecule has 0 atom stereocenters. The third kappa shape index (κ3) is 1.71. The minimum atomic E-state index is 0.619. The number of aryl methyl sites for hydroxylation is 1. The number of para-hydroxylation sites is 1. The van der Waals surface area contributed by atoms with Crippen LogP contribution >= 0.6 is 0 Å². The Morgan fingerprint density at radius 3 is 2.76 bits per heavy atom. The van der Waals surface area contributed by atoms with Gasteiger partial charge in [0.25, 0.3) is 0 Å².